The van der Waals surface area contributed by atoms with Gasteiger partial charge in [0.1, 0.15) is 12.4 Å². The molecule has 1 amide bonds. The number of ether oxygens (including phenoxy) is 1. The standard InChI is InChI=1S/C12H13N3O2/c1-15-10(6-7-14-15)8-17-12-5-3-2-4-11(12)13-9-16/h2-7,9H,8H2,1H3,(H,13,16). The lowest BCUT2D eigenvalue weighted by atomic mass is 10.3. The highest BCUT2D eigenvalue weighted by Crippen LogP contribution is 2.23. The maximum Gasteiger partial charge on any atom is 0.211 e. The zero-order valence-corrected chi connectivity index (χ0v) is 9.46. The van der Waals surface area contributed by atoms with Gasteiger partial charge >= 0.3 is 0 Å². The molecule has 0 saturated carbocycles. The number of para-hydroxylation sites is 2. The summed E-state index contributed by atoms with van der Waals surface area (Å²) in [5.74, 6) is 0.640. The molecule has 2 rings (SSSR count). The Morgan fingerprint density at radius 1 is 1.41 bits per heavy atom. The van der Waals surface area contributed by atoms with Gasteiger partial charge in [-0.05, 0) is 18.2 Å². The van der Waals surface area contributed by atoms with E-state index in [9.17, 15) is 4.79 Å². The number of carbonyl (C=O) groups is 1. The molecular weight excluding hydrogens is 218 g/mol. The Bertz CT molecular complexity index is 508. The molecule has 1 aromatic carbocycles. The third-order valence-electron chi connectivity index (χ3n) is 2.40. The Morgan fingerprint density at radius 2 is 2.24 bits per heavy atom. The van der Waals surface area contributed by atoms with Crippen molar-refractivity contribution in [3.05, 3.63) is 42.2 Å². The lowest BCUT2D eigenvalue weighted by Crippen LogP contribution is -2.04. The average Bonchev–Trinajstić information content (AvgIpc) is 2.74. The van der Waals surface area contributed by atoms with Gasteiger partial charge in [0.15, 0.2) is 0 Å². The van der Waals surface area contributed by atoms with Crippen LogP contribution in [0.3, 0.4) is 0 Å². The molecule has 2 aromatic rings. The fourth-order valence-electron chi connectivity index (χ4n) is 1.47. The highest BCUT2D eigenvalue weighted by molar-refractivity contribution is 5.75. The van der Waals surface area contributed by atoms with Gasteiger partial charge in [0.25, 0.3) is 0 Å². The van der Waals surface area contributed by atoms with Crippen molar-refractivity contribution in [2.75, 3.05) is 5.32 Å². The first kappa shape index (κ1) is 11.2. The zero-order valence-electron chi connectivity index (χ0n) is 9.46. The minimum absolute atomic E-state index is 0.411. The fourth-order valence-corrected chi connectivity index (χ4v) is 1.47. The molecule has 1 heterocycles. The average molecular weight is 231 g/mol. The quantitative estimate of drug-likeness (QED) is 0.794. The van der Waals surface area contributed by atoms with Gasteiger partial charge < -0.3 is 10.1 Å². The number of hydrogen-bond donors (Lipinski definition) is 1. The van der Waals surface area contributed by atoms with E-state index in [-0.39, 0.29) is 0 Å². The van der Waals surface area contributed by atoms with Crippen LogP contribution in [0.15, 0.2) is 36.5 Å². The molecule has 0 saturated heterocycles. The Hall–Kier alpha value is -2.30. The third-order valence-corrected chi connectivity index (χ3v) is 2.40. The summed E-state index contributed by atoms with van der Waals surface area (Å²) in [6.07, 6.45) is 2.35. The molecule has 0 aliphatic heterocycles. The summed E-state index contributed by atoms with van der Waals surface area (Å²) in [5, 5.41) is 6.65. The largest absolute Gasteiger partial charge is 0.485 e. The first-order chi connectivity index (χ1) is 8.31. The molecule has 1 aromatic heterocycles. The Labute approximate surface area is 99.0 Å². The van der Waals surface area contributed by atoms with Crippen molar-refractivity contribution in [1.82, 2.24) is 9.78 Å². The zero-order chi connectivity index (χ0) is 12.1. The van der Waals surface area contributed by atoms with Crippen molar-refractivity contribution in [3.63, 3.8) is 0 Å². The van der Waals surface area contributed by atoms with Gasteiger partial charge in [-0.25, -0.2) is 0 Å². The predicted molar refractivity (Wildman–Crippen MR) is 63.7 cm³/mol. The highest BCUT2D eigenvalue weighted by Gasteiger charge is 2.04. The van der Waals surface area contributed by atoms with Crippen molar-refractivity contribution < 1.29 is 9.53 Å². The first-order valence-electron chi connectivity index (χ1n) is 5.20. The topological polar surface area (TPSA) is 56.1 Å². The van der Waals surface area contributed by atoms with Crippen molar-refractivity contribution in [3.8, 4) is 5.75 Å². The number of nitrogens with one attached hydrogen (secondary N) is 1. The van der Waals surface area contributed by atoms with E-state index in [1.165, 1.54) is 0 Å². The number of hydrogen-bond acceptors (Lipinski definition) is 3. The van der Waals surface area contributed by atoms with Gasteiger partial charge in [0.05, 0.1) is 11.4 Å². The van der Waals surface area contributed by atoms with Crippen molar-refractivity contribution in [1.29, 1.82) is 0 Å². The second-order valence-corrected chi connectivity index (χ2v) is 3.49. The normalized spacial score (nSPS) is 9.94. The maximum absolute atomic E-state index is 10.4. The van der Waals surface area contributed by atoms with Crippen LogP contribution in [-0.2, 0) is 18.4 Å². The van der Waals surface area contributed by atoms with Crippen molar-refractivity contribution in [2.45, 2.75) is 6.61 Å². The molecule has 0 radical (unpaired) electrons. The molecule has 0 aliphatic rings. The van der Waals surface area contributed by atoms with Gasteiger partial charge in [-0.2, -0.15) is 5.10 Å². The molecule has 0 fully saturated rings. The minimum Gasteiger partial charge on any atom is -0.485 e. The van der Waals surface area contributed by atoms with E-state index in [4.69, 9.17) is 4.74 Å². The third kappa shape index (κ3) is 2.63. The van der Waals surface area contributed by atoms with Gasteiger partial charge in [0.2, 0.25) is 6.41 Å². The first-order valence-corrected chi connectivity index (χ1v) is 5.20. The molecule has 5 nitrogen and oxygen atoms in total. The lowest BCUT2D eigenvalue weighted by molar-refractivity contribution is -0.105. The molecule has 0 bridgehead atoms. The highest BCUT2D eigenvalue weighted by atomic mass is 16.5. The summed E-state index contributed by atoms with van der Waals surface area (Å²) in [5.41, 5.74) is 1.62. The molecule has 1 N–H and O–H groups in total. The van der Waals surface area contributed by atoms with Gasteiger partial charge in [-0.3, -0.25) is 9.48 Å². The summed E-state index contributed by atoms with van der Waals surface area (Å²) in [4.78, 5) is 10.4. The van der Waals surface area contributed by atoms with Crippen LogP contribution < -0.4 is 10.1 Å². The summed E-state index contributed by atoms with van der Waals surface area (Å²) in [6.45, 7) is 0.411. The smallest absolute Gasteiger partial charge is 0.211 e. The number of rotatable bonds is 5. The van der Waals surface area contributed by atoms with Crippen LogP contribution in [-0.4, -0.2) is 16.2 Å². The van der Waals surface area contributed by atoms with E-state index < -0.39 is 0 Å². The second kappa shape index (κ2) is 5.16. The van der Waals surface area contributed by atoms with Crippen LogP contribution in [0.4, 0.5) is 5.69 Å². The molecular formula is C12H13N3O2. The van der Waals surface area contributed by atoms with E-state index >= 15 is 0 Å². The molecule has 0 aliphatic carbocycles. The fraction of sp³-hybridized carbons (Fsp3) is 0.167. The second-order valence-electron chi connectivity index (χ2n) is 3.49. The van der Waals surface area contributed by atoms with Gasteiger partial charge in [-0.15, -0.1) is 0 Å². The van der Waals surface area contributed by atoms with E-state index in [1.807, 2.05) is 31.3 Å². The minimum atomic E-state index is 0.411. The number of nitrogens with zero attached hydrogens (tertiary/aromatic N) is 2. The van der Waals surface area contributed by atoms with Crippen LogP contribution in [0.5, 0.6) is 5.75 Å². The molecule has 88 valence electrons. The molecule has 0 atom stereocenters. The molecule has 5 heteroatoms. The van der Waals surface area contributed by atoms with Gasteiger partial charge in [0, 0.05) is 13.2 Å². The van der Waals surface area contributed by atoms with Crippen LogP contribution in [0.1, 0.15) is 5.69 Å². The number of amides is 1. The number of aryl methyl sites for hydroxylation is 1. The van der Waals surface area contributed by atoms with Crippen molar-refractivity contribution in [2.24, 2.45) is 7.05 Å². The summed E-state index contributed by atoms with van der Waals surface area (Å²) in [6, 6.07) is 9.17. The van der Waals surface area contributed by atoms with Crippen LogP contribution in [0.2, 0.25) is 0 Å². The van der Waals surface area contributed by atoms with Crippen LogP contribution in [0.25, 0.3) is 0 Å². The predicted octanol–water partition coefficient (Wildman–Crippen LogP) is 1.57. The summed E-state index contributed by atoms with van der Waals surface area (Å²) < 4.78 is 7.38. The van der Waals surface area contributed by atoms with E-state index in [1.54, 1.807) is 16.9 Å². The number of benzene rings is 1. The van der Waals surface area contributed by atoms with Crippen LogP contribution >= 0.6 is 0 Å². The summed E-state index contributed by atoms with van der Waals surface area (Å²) in [7, 11) is 1.86. The Kier molecular flexibility index (Phi) is 3.40. The number of carbonyl (C=O) groups excluding carboxylic acids is 1. The van der Waals surface area contributed by atoms with E-state index in [0.29, 0.717) is 24.5 Å². The molecule has 17 heavy (non-hydrogen) atoms. The number of anilines is 1. The van der Waals surface area contributed by atoms with Crippen LogP contribution in [0, 0.1) is 0 Å². The van der Waals surface area contributed by atoms with E-state index in [2.05, 4.69) is 10.4 Å². The SMILES string of the molecule is Cn1nccc1COc1ccccc1NC=O. The van der Waals surface area contributed by atoms with E-state index in [0.717, 1.165) is 5.69 Å². The summed E-state index contributed by atoms with van der Waals surface area (Å²) >= 11 is 0. The Balaban J connectivity index is 2.08. The monoisotopic (exact) mass is 231 g/mol. The lowest BCUT2D eigenvalue weighted by Gasteiger charge is -2.10. The Morgan fingerprint density at radius 3 is 2.94 bits per heavy atom. The van der Waals surface area contributed by atoms with Crippen molar-refractivity contribution >= 4 is 12.1 Å². The maximum atomic E-state index is 10.4. The molecule has 0 unspecified atom stereocenters. The number of aromatic nitrogens is 2. The molecule has 0 spiro atoms. The van der Waals surface area contributed by atoms with Gasteiger partial charge in [-0.1, -0.05) is 12.1 Å².